The highest BCUT2D eigenvalue weighted by Crippen LogP contribution is 2.36. The average Bonchev–Trinajstić information content (AvgIpc) is 2.22. The van der Waals surface area contributed by atoms with Crippen molar-refractivity contribution in [1.29, 1.82) is 0 Å². The van der Waals surface area contributed by atoms with Gasteiger partial charge >= 0.3 is 6.09 Å². The molecule has 2 N–H and O–H groups in total. The first-order chi connectivity index (χ1) is 7.47. The average molecular weight is 360 g/mol. The highest BCUT2D eigenvalue weighted by Gasteiger charge is 2.17. The Hall–Kier alpha value is -0.760. The van der Waals surface area contributed by atoms with Crippen molar-refractivity contribution in [3.05, 3.63) is 20.5 Å². The second-order valence-electron chi connectivity index (χ2n) is 2.72. The van der Waals surface area contributed by atoms with Crippen LogP contribution >= 0.6 is 34.2 Å². The quantitative estimate of drug-likeness (QED) is 0.484. The summed E-state index contributed by atoms with van der Waals surface area (Å²) in [5.41, 5.74) is -0.341. The maximum Gasteiger partial charge on any atom is 0.411 e. The number of phenols is 1. The molecule has 88 valence electrons. The minimum atomic E-state index is -0.838. The fourth-order valence-corrected chi connectivity index (χ4v) is 1.58. The molecule has 0 saturated heterocycles. The molecule has 7 heteroatoms. The third-order valence-electron chi connectivity index (χ3n) is 1.65. The molecule has 0 aliphatic carbocycles. The Balaban J connectivity index is 3.05. The van der Waals surface area contributed by atoms with Crippen molar-refractivity contribution < 1.29 is 19.0 Å². The number of rotatable bonds is 2. The molecule has 16 heavy (non-hydrogen) atoms. The van der Waals surface area contributed by atoms with Gasteiger partial charge in [0.05, 0.1) is 15.2 Å². The molecule has 0 saturated carbocycles. The van der Waals surface area contributed by atoms with E-state index < -0.39 is 17.7 Å². The smallest absolute Gasteiger partial charge is 0.411 e. The largest absolute Gasteiger partial charge is 0.505 e. The van der Waals surface area contributed by atoms with E-state index in [4.69, 9.17) is 11.6 Å². The maximum atomic E-state index is 13.4. The number of benzene rings is 1. The monoisotopic (exact) mass is 359 g/mol. The van der Waals surface area contributed by atoms with Gasteiger partial charge < -0.3 is 9.84 Å². The van der Waals surface area contributed by atoms with Gasteiger partial charge in [0.25, 0.3) is 0 Å². The van der Waals surface area contributed by atoms with E-state index in [0.29, 0.717) is 0 Å². The molecule has 0 fully saturated rings. The van der Waals surface area contributed by atoms with E-state index in [2.05, 4.69) is 10.1 Å². The van der Waals surface area contributed by atoms with Crippen LogP contribution in [0.25, 0.3) is 0 Å². The lowest BCUT2D eigenvalue weighted by atomic mass is 10.3. The Labute approximate surface area is 110 Å². The van der Waals surface area contributed by atoms with Gasteiger partial charge in [-0.3, -0.25) is 5.32 Å². The Morgan fingerprint density at radius 1 is 1.75 bits per heavy atom. The van der Waals surface area contributed by atoms with Crippen LogP contribution in [0.2, 0.25) is 5.02 Å². The minimum Gasteiger partial charge on any atom is -0.505 e. The fourth-order valence-electron chi connectivity index (χ4n) is 0.971. The molecule has 0 atom stereocenters. The van der Waals surface area contributed by atoms with Crippen molar-refractivity contribution in [1.82, 2.24) is 0 Å². The number of amides is 1. The summed E-state index contributed by atoms with van der Waals surface area (Å²) in [7, 11) is 0. The number of hydrogen-bond donors (Lipinski definition) is 2. The summed E-state index contributed by atoms with van der Waals surface area (Å²) in [5, 5.41) is 11.7. The zero-order valence-corrected chi connectivity index (χ0v) is 11.1. The number of halogens is 3. The number of ether oxygens (including phenoxy) is 1. The van der Waals surface area contributed by atoms with E-state index in [1.165, 1.54) is 0 Å². The van der Waals surface area contributed by atoms with Gasteiger partial charge in [0.1, 0.15) is 5.69 Å². The third kappa shape index (κ3) is 2.88. The number of carbonyl (C=O) groups excluding carboxylic acids is 1. The van der Waals surface area contributed by atoms with E-state index in [-0.39, 0.29) is 20.9 Å². The van der Waals surface area contributed by atoms with Gasteiger partial charge in [-0.25, -0.2) is 9.18 Å². The van der Waals surface area contributed by atoms with Crippen LogP contribution in [0.4, 0.5) is 14.9 Å². The number of phenolic OH excluding ortho intramolecular Hbond substituents is 1. The van der Waals surface area contributed by atoms with Crippen molar-refractivity contribution in [2.45, 2.75) is 6.92 Å². The lowest BCUT2D eigenvalue weighted by Gasteiger charge is -2.10. The molecule has 4 nitrogen and oxygen atoms in total. The van der Waals surface area contributed by atoms with E-state index in [1.807, 2.05) is 0 Å². The SMILES string of the molecule is CCOC(=O)Nc1c(F)cc(Cl)c(I)c1O. The van der Waals surface area contributed by atoms with E-state index in [1.54, 1.807) is 29.5 Å². The number of nitrogens with one attached hydrogen (secondary N) is 1. The second kappa shape index (κ2) is 5.53. The van der Waals surface area contributed by atoms with Crippen molar-refractivity contribution in [2.75, 3.05) is 11.9 Å². The van der Waals surface area contributed by atoms with Crippen LogP contribution in [0.3, 0.4) is 0 Å². The van der Waals surface area contributed by atoms with Gasteiger partial charge in [0, 0.05) is 0 Å². The number of aromatic hydroxyl groups is 1. The van der Waals surface area contributed by atoms with Crippen molar-refractivity contribution in [2.24, 2.45) is 0 Å². The molecule has 1 aromatic rings. The van der Waals surface area contributed by atoms with Crippen LogP contribution in [0.15, 0.2) is 6.07 Å². The van der Waals surface area contributed by atoms with E-state index >= 15 is 0 Å². The molecule has 0 aromatic heterocycles. The molecule has 1 amide bonds. The van der Waals surface area contributed by atoms with Gasteiger partial charge in [-0.05, 0) is 35.6 Å². The summed E-state index contributed by atoms with van der Waals surface area (Å²) in [6.45, 7) is 1.76. The summed E-state index contributed by atoms with van der Waals surface area (Å²) in [6.07, 6.45) is -0.838. The van der Waals surface area contributed by atoms with Gasteiger partial charge in [0.2, 0.25) is 0 Å². The van der Waals surface area contributed by atoms with Crippen LogP contribution in [0.1, 0.15) is 6.92 Å². The number of carbonyl (C=O) groups is 1. The molecular weight excluding hydrogens is 351 g/mol. The lowest BCUT2D eigenvalue weighted by molar-refractivity contribution is 0.167. The molecule has 0 radical (unpaired) electrons. The number of anilines is 1. The van der Waals surface area contributed by atoms with Crippen LogP contribution in [-0.4, -0.2) is 17.8 Å². The first-order valence-electron chi connectivity index (χ1n) is 4.27. The van der Waals surface area contributed by atoms with Gasteiger partial charge in [-0.15, -0.1) is 0 Å². The van der Waals surface area contributed by atoms with E-state index in [0.717, 1.165) is 6.07 Å². The molecule has 1 rings (SSSR count). The van der Waals surface area contributed by atoms with Gasteiger partial charge in [0.15, 0.2) is 11.6 Å². The topological polar surface area (TPSA) is 58.6 Å². The fraction of sp³-hybridized carbons (Fsp3) is 0.222. The Morgan fingerprint density at radius 2 is 2.38 bits per heavy atom. The molecule has 0 unspecified atom stereocenters. The second-order valence-corrected chi connectivity index (χ2v) is 4.21. The Kier molecular flexibility index (Phi) is 4.60. The summed E-state index contributed by atoms with van der Waals surface area (Å²) in [6, 6.07) is 1.00. The van der Waals surface area contributed by atoms with Crippen LogP contribution in [0.5, 0.6) is 5.75 Å². The normalized spacial score (nSPS) is 10.0. The highest BCUT2D eigenvalue weighted by molar-refractivity contribution is 14.1. The molecule has 0 heterocycles. The summed E-state index contributed by atoms with van der Waals surface area (Å²) in [5.74, 6) is -1.24. The summed E-state index contributed by atoms with van der Waals surface area (Å²) < 4.78 is 18.2. The third-order valence-corrected chi connectivity index (χ3v) is 3.36. The predicted molar refractivity (Wildman–Crippen MR) is 66.4 cm³/mol. The van der Waals surface area contributed by atoms with Crippen molar-refractivity contribution >= 4 is 46.0 Å². The van der Waals surface area contributed by atoms with Crippen LogP contribution in [0, 0.1) is 9.39 Å². The Bertz CT molecular complexity index is 428. The van der Waals surface area contributed by atoms with Crippen LogP contribution in [-0.2, 0) is 4.74 Å². The summed E-state index contributed by atoms with van der Waals surface area (Å²) in [4.78, 5) is 11.1. The predicted octanol–water partition coefficient (Wildman–Crippen LogP) is 3.36. The van der Waals surface area contributed by atoms with E-state index in [9.17, 15) is 14.3 Å². The molecule has 0 spiro atoms. The zero-order valence-electron chi connectivity index (χ0n) is 8.18. The highest BCUT2D eigenvalue weighted by atomic mass is 127. The van der Waals surface area contributed by atoms with Gasteiger partial charge in [-0.2, -0.15) is 0 Å². The first kappa shape index (κ1) is 13.3. The Morgan fingerprint density at radius 3 is 2.94 bits per heavy atom. The molecule has 0 aliphatic rings. The molecule has 1 aromatic carbocycles. The molecule has 0 bridgehead atoms. The molecular formula is C9H8ClFINO3. The first-order valence-corrected chi connectivity index (χ1v) is 5.73. The lowest BCUT2D eigenvalue weighted by Crippen LogP contribution is -2.14. The van der Waals surface area contributed by atoms with Crippen molar-refractivity contribution in [3.8, 4) is 5.75 Å². The van der Waals surface area contributed by atoms with Crippen molar-refractivity contribution in [3.63, 3.8) is 0 Å². The minimum absolute atomic E-state index is 0.0741. The molecule has 0 aliphatic heterocycles. The maximum absolute atomic E-state index is 13.4. The number of hydrogen-bond acceptors (Lipinski definition) is 3. The van der Waals surface area contributed by atoms with Gasteiger partial charge in [-0.1, -0.05) is 11.6 Å². The zero-order chi connectivity index (χ0) is 12.3. The standard InChI is InChI=1S/C9H8ClFINO3/c1-2-16-9(15)13-7-5(11)3-4(10)6(12)8(7)14/h3,14H,2H2,1H3,(H,13,15). The summed E-state index contributed by atoms with van der Waals surface area (Å²) >= 11 is 7.38. The van der Waals surface area contributed by atoms with Crippen LogP contribution < -0.4 is 5.32 Å².